The van der Waals surface area contributed by atoms with Gasteiger partial charge in [-0.3, -0.25) is 0 Å². The molecule has 0 atom stereocenters. The molecule has 0 saturated carbocycles. The van der Waals surface area contributed by atoms with E-state index in [0.29, 0.717) is 13.1 Å². The van der Waals surface area contributed by atoms with E-state index in [0.717, 1.165) is 13.1 Å². The van der Waals surface area contributed by atoms with Crippen LogP contribution in [0.5, 0.6) is 0 Å². The molecule has 1 aliphatic heterocycles. The van der Waals surface area contributed by atoms with Gasteiger partial charge in [0.1, 0.15) is 0 Å². The Morgan fingerprint density at radius 1 is 1.14 bits per heavy atom. The zero-order valence-corrected chi connectivity index (χ0v) is 14.0. The Bertz CT molecular complexity index is 558. The van der Waals surface area contributed by atoms with Crippen molar-refractivity contribution in [2.24, 2.45) is 0 Å². The van der Waals surface area contributed by atoms with Crippen LogP contribution < -0.4 is 10.2 Å². The minimum absolute atomic E-state index is 0.458. The summed E-state index contributed by atoms with van der Waals surface area (Å²) in [7, 11) is -3.04. The van der Waals surface area contributed by atoms with Crippen LogP contribution in [0.1, 0.15) is 32.3 Å². The van der Waals surface area contributed by atoms with Crippen LogP contribution in [0, 0.1) is 0 Å². The second-order valence-corrected chi connectivity index (χ2v) is 9.15. The number of benzene rings is 1. The van der Waals surface area contributed by atoms with E-state index in [1.165, 1.54) is 30.3 Å². The highest BCUT2D eigenvalue weighted by Crippen LogP contribution is 2.20. The number of hydrogen-bond acceptors (Lipinski definition) is 4. The van der Waals surface area contributed by atoms with Crippen molar-refractivity contribution >= 4 is 15.5 Å². The fourth-order valence-corrected chi connectivity index (χ4v) is 2.80. The average Bonchev–Trinajstić information content (AvgIpc) is 2.92. The van der Waals surface area contributed by atoms with Gasteiger partial charge in [-0.05, 0) is 44.4 Å². The molecule has 21 heavy (non-hydrogen) atoms. The van der Waals surface area contributed by atoms with Gasteiger partial charge in [-0.2, -0.15) is 0 Å². The summed E-state index contributed by atoms with van der Waals surface area (Å²) < 4.78 is 22.5. The van der Waals surface area contributed by atoms with Crippen LogP contribution in [-0.2, 0) is 16.4 Å². The summed E-state index contributed by atoms with van der Waals surface area (Å²) in [6.45, 7) is 6.97. The number of nitrogens with one attached hydrogen (secondary N) is 1. The maximum absolute atomic E-state index is 11.6. The fourth-order valence-electron chi connectivity index (χ4n) is 2.44. The van der Waals surface area contributed by atoms with Crippen LogP contribution in [0.4, 0.5) is 5.69 Å². The van der Waals surface area contributed by atoms with Gasteiger partial charge in [-0.15, -0.1) is 0 Å². The highest BCUT2D eigenvalue weighted by Gasteiger charge is 2.29. The topological polar surface area (TPSA) is 49.4 Å². The maximum Gasteiger partial charge on any atom is 0.153 e. The van der Waals surface area contributed by atoms with E-state index in [9.17, 15) is 8.42 Å². The number of hydrogen-bond donors (Lipinski definition) is 1. The Balaban J connectivity index is 1.86. The first-order chi connectivity index (χ1) is 9.79. The van der Waals surface area contributed by atoms with E-state index in [1.807, 2.05) is 0 Å². The molecule has 1 fully saturated rings. The lowest BCUT2D eigenvalue weighted by Crippen LogP contribution is -2.41. The second kappa shape index (κ2) is 6.36. The third-order valence-electron chi connectivity index (χ3n) is 4.29. The van der Waals surface area contributed by atoms with Gasteiger partial charge in [0.25, 0.3) is 0 Å². The Kier molecular flexibility index (Phi) is 4.94. The molecule has 0 radical (unpaired) electrons. The molecule has 1 aromatic carbocycles. The lowest BCUT2D eigenvalue weighted by molar-refractivity contribution is 0.521. The van der Waals surface area contributed by atoms with Crippen LogP contribution >= 0.6 is 0 Å². The summed E-state index contributed by atoms with van der Waals surface area (Å²) in [5.41, 5.74) is 2.47. The van der Waals surface area contributed by atoms with Crippen molar-refractivity contribution in [3.05, 3.63) is 29.8 Å². The molecule has 0 bridgehead atoms. The van der Waals surface area contributed by atoms with Crippen molar-refractivity contribution in [2.45, 2.75) is 38.0 Å². The predicted octanol–water partition coefficient (Wildman–Crippen LogP) is 2.20. The molecular weight excluding hydrogens is 284 g/mol. The first kappa shape index (κ1) is 16.3. The summed E-state index contributed by atoms with van der Waals surface area (Å²) in [6, 6.07) is 8.55. The van der Waals surface area contributed by atoms with Crippen molar-refractivity contribution < 1.29 is 8.42 Å². The Hall–Kier alpha value is -1.07. The van der Waals surface area contributed by atoms with Crippen LogP contribution in [0.2, 0.25) is 0 Å². The molecule has 0 aromatic heterocycles. The number of rotatable bonds is 6. The van der Waals surface area contributed by atoms with Gasteiger partial charge in [-0.1, -0.05) is 12.1 Å². The first-order valence-corrected chi connectivity index (χ1v) is 9.43. The lowest BCUT2D eigenvalue weighted by atomic mass is 10.1. The van der Waals surface area contributed by atoms with Crippen molar-refractivity contribution in [3.8, 4) is 0 Å². The van der Waals surface area contributed by atoms with Crippen molar-refractivity contribution in [1.82, 2.24) is 5.32 Å². The molecule has 0 unspecified atom stereocenters. The average molecular weight is 310 g/mol. The van der Waals surface area contributed by atoms with E-state index in [1.54, 1.807) is 13.8 Å². The van der Waals surface area contributed by atoms with Gasteiger partial charge in [0.2, 0.25) is 0 Å². The van der Waals surface area contributed by atoms with E-state index in [4.69, 9.17) is 0 Å². The third kappa shape index (κ3) is 4.20. The minimum atomic E-state index is -3.04. The molecule has 0 aliphatic carbocycles. The zero-order valence-electron chi connectivity index (χ0n) is 13.2. The van der Waals surface area contributed by atoms with E-state index in [2.05, 4.69) is 34.5 Å². The fraction of sp³-hybridized carbons (Fsp3) is 0.625. The minimum Gasteiger partial charge on any atom is -0.372 e. The Morgan fingerprint density at radius 3 is 2.24 bits per heavy atom. The molecule has 5 heteroatoms. The summed E-state index contributed by atoms with van der Waals surface area (Å²) in [5.74, 6) is 0. The molecule has 0 amide bonds. The van der Waals surface area contributed by atoms with Gasteiger partial charge in [0, 0.05) is 38.1 Å². The molecule has 1 heterocycles. The molecule has 1 aliphatic rings. The standard InChI is InChI=1S/C16H26N2O2S/c1-16(2,21(3,19)20)13-17-12-14-6-8-15(9-7-14)18-10-4-5-11-18/h6-9,17H,4-5,10-13H2,1-3H3. The highest BCUT2D eigenvalue weighted by molar-refractivity contribution is 7.92. The van der Waals surface area contributed by atoms with Gasteiger partial charge in [0.05, 0.1) is 4.75 Å². The monoisotopic (exact) mass is 310 g/mol. The van der Waals surface area contributed by atoms with Crippen molar-refractivity contribution in [1.29, 1.82) is 0 Å². The maximum atomic E-state index is 11.6. The largest absolute Gasteiger partial charge is 0.372 e. The number of sulfone groups is 1. The number of nitrogens with zero attached hydrogens (tertiary/aromatic N) is 1. The van der Waals surface area contributed by atoms with Gasteiger partial charge < -0.3 is 10.2 Å². The van der Waals surface area contributed by atoms with Crippen LogP contribution in [0.25, 0.3) is 0 Å². The Morgan fingerprint density at radius 2 is 1.71 bits per heavy atom. The lowest BCUT2D eigenvalue weighted by Gasteiger charge is -2.23. The van der Waals surface area contributed by atoms with Crippen LogP contribution in [0.15, 0.2) is 24.3 Å². The van der Waals surface area contributed by atoms with Gasteiger partial charge in [0.15, 0.2) is 9.84 Å². The molecule has 0 spiro atoms. The normalized spacial score (nSPS) is 16.4. The van der Waals surface area contributed by atoms with Crippen LogP contribution in [-0.4, -0.2) is 39.1 Å². The molecule has 1 N–H and O–H groups in total. The molecule has 1 aromatic rings. The molecule has 118 valence electrons. The first-order valence-electron chi connectivity index (χ1n) is 7.54. The van der Waals surface area contributed by atoms with Gasteiger partial charge >= 0.3 is 0 Å². The molecule has 2 rings (SSSR count). The molecule has 4 nitrogen and oxygen atoms in total. The zero-order chi connectivity index (χ0) is 15.5. The van der Waals surface area contributed by atoms with E-state index >= 15 is 0 Å². The summed E-state index contributed by atoms with van der Waals surface area (Å²) >= 11 is 0. The van der Waals surface area contributed by atoms with Gasteiger partial charge in [-0.25, -0.2) is 8.42 Å². The predicted molar refractivity (Wildman–Crippen MR) is 88.5 cm³/mol. The van der Waals surface area contributed by atoms with Crippen molar-refractivity contribution in [3.63, 3.8) is 0 Å². The number of anilines is 1. The third-order valence-corrected chi connectivity index (χ3v) is 6.44. The summed E-state index contributed by atoms with van der Waals surface area (Å²) in [6.07, 6.45) is 3.85. The SMILES string of the molecule is CC(C)(CNCc1ccc(N2CCCC2)cc1)S(C)(=O)=O. The summed E-state index contributed by atoms with van der Waals surface area (Å²) in [4.78, 5) is 2.41. The van der Waals surface area contributed by atoms with Crippen LogP contribution in [0.3, 0.4) is 0 Å². The second-order valence-electron chi connectivity index (χ2n) is 6.50. The summed E-state index contributed by atoms with van der Waals surface area (Å²) in [5, 5.41) is 3.24. The Labute approximate surface area is 128 Å². The molecule has 1 saturated heterocycles. The molecular formula is C16H26N2O2S. The van der Waals surface area contributed by atoms with Crippen molar-refractivity contribution in [2.75, 3.05) is 30.8 Å². The van der Waals surface area contributed by atoms with E-state index < -0.39 is 14.6 Å². The highest BCUT2D eigenvalue weighted by atomic mass is 32.2. The van der Waals surface area contributed by atoms with E-state index in [-0.39, 0.29) is 0 Å². The quantitative estimate of drug-likeness (QED) is 0.875. The smallest absolute Gasteiger partial charge is 0.153 e.